The molecule has 1 atom stereocenters. The summed E-state index contributed by atoms with van der Waals surface area (Å²) in [5, 5.41) is 2.84. The zero-order chi connectivity index (χ0) is 14.5. The van der Waals surface area contributed by atoms with Crippen LogP contribution in [0.2, 0.25) is 0 Å². The Morgan fingerprint density at radius 3 is 2.58 bits per heavy atom. The molecule has 1 unspecified atom stereocenters. The highest BCUT2D eigenvalue weighted by molar-refractivity contribution is 7.91. The van der Waals surface area contributed by atoms with E-state index in [1.54, 1.807) is 0 Å². The average Bonchev–Trinajstić information content (AvgIpc) is 2.64. The van der Waals surface area contributed by atoms with Crippen LogP contribution in [-0.2, 0) is 14.6 Å². The summed E-state index contributed by atoms with van der Waals surface area (Å²) in [6.45, 7) is 5.33. The quantitative estimate of drug-likeness (QED) is 0.722. The molecule has 0 aromatic heterocycles. The summed E-state index contributed by atoms with van der Waals surface area (Å²) in [5.41, 5.74) is 5.62. The molecular weight excluding hydrogens is 264 g/mol. The molecule has 0 bridgehead atoms. The zero-order valence-corrected chi connectivity index (χ0v) is 12.8. The lowest BCUT2D eigenvalue weighted by atomic mass is 9.84. The summed E-state index contributed by atoms with van der Waals surface area (Å²) < 4.78 is 22.6. The van der Waals surface area contributed by atoms with Crippen molar-refractivity contribution >= 4 is 15.7 Å². The van der Waals surface area contributed by atoms with Gasteiger partial charge in [0.1, 0.15) is 0 Å². The van der Waals surface area contributed by atoms with Crippen LogP contribution in [0.4, 0.5) is 0 Å². The minimum Gasteiger partial charge on any atom is -0.356 e. The standard InChI is InChI=1S/C13H26N2O3S/c1-13(2,6-7-14)5-3-12(16)15-9-11-4-8-19(17,18)10-11/h11H,3-10,14H2,1-2H3,(H,15,16). The first-order valence-corrected chi connectivity index (χ1v) is 8.73. The van der Waals surface area contributed by atoms with Gasteiger partial charge in [-0.1, -0.05) is 13.8 Å². The maximum atomic E-state index is 11.7. The van der Waals surface area contributed by atoms with Crippen LogP contribution < -0.4 is 11.1 Å². The normalized spacial score (nSPS) is 22.4. The molecule has 6 heteroatoms. The van der Waals surface area contributed by atoms with Crippen molar-refractivity contribution in [3.05, 3.63) is 0 Å². The van der Waals surface area contributed by atoms with E-state index < -0.39 is 9.84 Å². The third-order valence-electron chi connectivity index (χ3n) is 3.76. The van der Waals surface area contributed by atoms with E-state index in [1.165, 1.54) is 0 Å². The number of hydrogen-bond donors (Lipinski definition) is 2. The third kappa shape index (κ3) is 6.38. The average molecular weight is 290 g/mol. The van der Waals surface area contributed by atoms with Crippen molar-refractivity contribution in [2.45, 2.75) is 39.5 Å². The van der Waals surface area contributed by atoms with Crippen LogP contribution in [-0.4, -0.2) is 38.9 Å². The number of sulfone groups is 1. The van der Waals surface area contributed by atoms with Gasteiger partial charge in [0.2, 0.25) is 5.91 Å². The monoisotopic (exact) mass is 290 g/mol. The summed E-state index contributed by atoms with van der Waals surface area (Å²) in [5.74, 6) is 0.573. The van der Waals surface area contributed by atoms with Crippen LogP contribution in [0, 0.1) is 11.3 Å². The molecule has 112 valence electrons. The lowest BCUT2D eigenvalue weighted by molar-refractivity contribution is -0.121. The van der Waals surface area contributed by atoms with Crippen LogP contribution in [0.1, 0.15) is 39.5 Å². The van der Waals surface area contributed by atoms with Gasteiger partial charge in [0.25, 0.3) is 0 Å². The van der Waals surface area contributed by atoms with E-state index in [0.717, 1.165) is 12.8 Å². The van der Waals surface area contributed by atoms with Crippen molar-refractivity contribution in [3.63, 3.8) is 0 Å². The van der Waals surface area contributed by atoms with Crippen molar-refractivity contribution in [2.75, 3.05) is 24.6 Å². The number of carbonyl (C=O) groups is 1. The van der Waals surface area contributed by atoms with Crippen molar-refractivity contribution < 1.29 is 13.2 Å². The van der Waals surface area contributed by atoms with Crippen molar-refractivity contribution in [1.29, 1.82) is 0 Å². The molecule has 1 fully saturated rings. The van der Waals surface area contributed by atoms with Crippen molar-refractivity contribution in [2.24, 2.45) is 17.1 Å². The largest absolute Gasteiger partial charge is 0.356 e. The minimum atomic E-state index is -2.85. The van der Waals surface area contributed by atoms with Gasteiger partial charge in [0.05, 0.1) is 11.5 Å². The molecule has 0 saturated carbocycles. The van der Waals surface area contributed by atoms with E-state index in [1.807, 2.05) is 0 Å². The second kappa shape index (κ2) is 6.70. The van der Waals surface area contributed by atoms with Crippen LogP contribution in [0.25, 0.3) is 0 Å². The Labute approximate surface area is 116 Å². The number of amides is 1. The molecule has 1 heterocycles. The van der Waals surface area contributed by atoms with Crippen LogP contribution in [0.5, 0.6) is 0 Å². The Morgan fingerprint density at radius 1 is 1.37 bits per heavy atom. The predicted molar refractivity (Wildman–Crippen MR) is 76.5 cm³/mol. The molecular formula is C13H26N2O3S. The molecule has 1 aliphatic heterocycles. The Kier molecular flexibility index (Phi) is 5.80. The van der Waals surface area contributed by atoms with E-state index in [2.05, 4.69) is 19.2 Å². The summed E-state index contributed by atoms with van der Waals surface area (Å²) in [6, 6.07) is 0. The molecule has 1 saturated heterocycles. The SMILES string of the molecule is CC(C)(CCN)CCC(=O)NCC1CCS(=O)(=O)C1. The number of hydrogen-bond acceptors (Lipinski definition) is 4. The van der Waals surface area contributed by atoms with Crippen molar-refractivity contribution in [3.8, 4) is 0 Å². The Balaban J connectivity index is 2.22. The molecule has 0 aromatic rings. The van der Waals surface area contributed by atoms with Gasteiger partial charge < -0.3 is 11.1 Å². The molecule has 1 aliphatic rings. The lowest BCUT2D eigenvalue weighted by Gasteiger charge is -2.23. The third-order valence-corrected chi connectivity index (χ3v) is 5.60. The first-order chi connectivity index (χ1) is 8.74. The summed E-state index contributed by atoms with van der Waals surface area (Å²) in [7, 11) is -2.85. The maximum absolute atomic E-state index is 11.7. The van der Waals surface area contributed by atoms with Gasteiger partial charge in [-0.3, -0.25) is 4.79 Å². The van der Waals surface area contributed by atoms with Gasteiger partial charge in [-0.05, 0) is 37.1 Å². The minimum absolute atomic E-state index is 0.00870. The smallest absolute Gasteiger partial charge is 0.220 e. The fraction of sp³-hybridized carbons (Fsp3) is 0.923. The summed E-state index contributed by atoms with van der Waals surface area (Å²) >= 11 is 0. The second-order valence-electron chi connectivity index (χ2n) is 6.28. The summed E-state index contributed by atoms with van der Waals surface area (Å²) in [4.78, 5) is 11.7. The Hall–Kier alpha value is -0.620. The molecule has 0 spiro atoms. The van der Waals surface area contributed by atoms with Crippen LogP contribution in [0.3, 0.4) is 0 Å². The molecule has 1 rings (SSSR count). The van der Waals surface area contributed by atoms with Crippen LogP contribution >= 0.6 is 0 Å². The number of rotatable bonds is 7. The van der Waals surface area contributed by atoms with Crippen LogP contribution in [0.15, 0.2) is 0 Å². The Bertz CT molecular complexity index is 404. The maximum Gasteiger partial charge on any atom is 0.220 e. The number of nitrogens with two attached hydrogens (primary N) is 1. The highest BCUT2D eigenvalue weighted by atomic mass is 32.2. The van der Waals surface area contributed by atoms with Crippen molar-refractivity contribution in [1.82, 2.24) is 5.32 Å². The fourth-order valence-electron chi connectivity index (χ4n) is 2.35. The molecule has 1 amide bonds. The highest BCUT2D eigenvalue weighted by Gasteiger charge is 2.28. The molecule has 0 aromatic carbocycles. The van der Waals surface area contributed by atoms with E-state index >= 15 is 0 Å². The highest BCUT2D eigenvalue weighted by Crippen LogP contribution is 2.25. The number of nitrogens with one attached hydrogen (secondary N) is 1. The topological polar surface area (TPSA) is 89.3 Å². The number of carbonyl (C=O) groups excluding carboxylic acids is 1. The molecule has 19 heavy (non-hydrogen) atoms. The van der Waals surface area contributed by atoms with E-state index in [0.29, 0.717) is 25.9 Å². The molecule has 0 aliphatic carbocycles. The second-order valence-corrected chi connectivity index (χ2v) is 8.50. The summed E-state index contributed by atoms with van der Waals surface area (Å²) in [6.07, 6.45) is 2.86. The predicted octanol–water partition coefficient (Wildman–Crippen LogP) is 0.693. The first-order valence-electron chi connectivity index (χ1n) is 6.91. The lowest BCUT2D eigenvalue weighted by Crippen LogP contribution is -2.30. The first kappa shape index (κ1) is 16.4. The van der Waals surface area contributed by atoms with Gasteiger partial charge in [-0.2, -0.15) is 0 Å². The molecule has 0 radical (unpaired) electrons. The fourth-order valence-corrected chi connectivity index (χ4v) is 4.21. The van der Waals surface area contributed by atoms with Gasteiger partial charge in [0, 0.05) is 13.0 Å². The van der Waals surface area contributed by atoms with Gasteiger partial charge >= 0.3 is 0 Å². The van der Waals surface area contributed by atoms with Gasteiger partial charge in [-0.15, -0.1) is 0 Å². The zero-order valence-electron chi connectivity index (χ0n) is 11.9. The van der Waals surface area contributed by atoms with Gasteiger partial charge in [0.15, 0.2) is 9.84 Å². The Morgan fingerprint density at radius 2 is 2.05 bits per heavy atom. The molecule has 5 nitrogen and oxygen atoms in total. The van der Waals surface area contributed by atoms with E-state index in [4.69, 9.17) is 5.73 Å². The van der Waals surface area contributed by atoms with E-state index in [-0.39, 0.29) is 28.7 Å². The van der Waals surface area contributed by atoms with E-state index in [9.17, 15) is 13.2 Å². The van der Waals surface area contributed by atoms with Gasteiger partial charge in [-0.25, -0.2) is 8.42 Å². The molecule has 3 N–H and O–H groups in total.